The number of pyridine rings is 1. The van der Waals surface area contributed by atoms with Gasteiger partial charge in [0.15, 0.2) is 21.4 Å². The van der Waals surface area contributed by atoms with Gasteiger partial charge in [-0.05, 0) is 25.0 Å². The Kier molecular flexibility index (Phi) is 5.35. The van der Waals surface area contributed by atoms with E-state index in [1.165, 1.54) is 24.5 Å². The normalized spacial score (nSPS) is 18.8. The number of rotatable bonds is 4. The van der Waals surface area contributed by atoms with Gasteiger partial charge in [0, 0.05) is 37.1 Å². The van der Waals surface area contributed by atoms with Gasteiger partial charge in [0.2, 0.25) is 0 Å². The van der Waals surface area contributed by atoms with Gasteiger partial charge >= 0.3 is 6.18 Å². The number of nitrogens with zero attached hydrogens (tertiary/aromatic N) is 4. The smallest absolute Gasteiger partial charge is 0.354 e. The van der Waals surface area contributed by atoms with E-state index in [1.54, 1.807) is 18.7 Å². The van der Waals surface area contributed by atoms with Crippen LogP contribution in [0.4, 0.5) is 19.0 Å². The average molecular weight is 414 g/mol. The first kappa shape index (κ1) is 20.5. The van der Waals surface area contributed by atoms with Crippen LogP contribution in [0.25, 0.3) is 11.4 Å². The van der Waals surface area contributed by atoms with Crippen molar-refractivity contribution < 1.29 is 21.6 Å². The van der Waals surface area contributed by atoms with Crippen molar-refractivity contribution in [1.29, 1.82) is 0 Å². The van der Waals surface area contributed by atoms with Gasteiger partial charge in [-0.2, -0.15) is 13.2 Å². The second-order valence-electron chi connectivity index (χ2n) is 6.80. The van der Waals surface area contributed by atoms with Crippen molar-refractivity contribution in [2.45, 2.75) is 37.6 Å². The molecule has 0 saturated carbocycles. The lowest BCUT2D eigenvalue weighted by Crippen LogP contribution is -2.56. The second-order valence-corrected chi connectivity index (χ2v) is 9.30. The van der Waals surface area contributed by atoms with Gasteiger partial charge in [0.1, 0.15) is 5.82 Å². The Balaban J connectivity index is 2.09. The molecule has 0 N–H and O–H groups in total. The van der Waals surface area contributed by atoms with E-state index < -0.39 is 26.5 Å². The number of sulfone groups is 1. The molecule has 1 saturated heterocycles. The van der Waals surface area contributed by atoms with E-state index in [1.807, 2.05) is 0 Å². The zero-order chi connectivity index (χ0) is 20.6. The molecule has 28 heavy (non-hydrogen) atoms. The first-order valence-electron chi connectivity index (χ1n) is 8.96. The molecular weight excluding hydrogens is 393 g/mol. The highest BCUT2D eigenvalue weighted by Crippen LogP contribution is 2.36. The molecule has 1 aliphatic heterocycles. The highest BCUT2D eigenvalue weighted by atomic mass is 32.2. The minimum Gasteiger partial charge on any atom is -0.354 e. The molecule has 0 unspecified atom stereocenters. The lowest BCUT2D eigenvalue weighted by atomic mass is 10.0. The summed E-state index contributed by atoms with van der Waals surface area (Å²) in [5.41, 5.74) is -0.652. The third-order valence-corrected chi connectivity index (χ3v) is 8.07. The van der Waals surface area contributed by atoms with Crippen molar-refractivity contribution in [2.24, 2.45) is 0 Å². The summed E-state index contributed by atoms with van der Waals surface area (Å²) in [6.07, 6.45) is -0.974. The van der Waals surface area contributed by atoms with Crippen LogP contribution in [-0.4, -0.2) is 47.0 Å². The number of hydrogen-bond acceptors (Lipinski definition) is 6. The maximum absolute atomic E-state index is 13.4. The largest absolute Gasteiger partial charge is 0.433 e. The Bertz CT molecular complexity index is 945. The van der Waals surface area contributed by atoms with E-state index in [-0.39, 0.29) is 30.5 Å². The van der Waals surface area contributed by atoms with Crippen LogP contribution in [0, 0.1) is 0 Å². The molecule has 1 aliphatic rings. The molecule has 0 radical (unpaired) electrons. The number of alkyl halides is 3. The number of anilines is 1. The fourth-order valence-corrected chi connectivity index (χ4v) is 5.58. The molecule has 0 amide bonds. The molecule has 10 heteroatoms. The molecule has 152 valence electrons. The zero-order valence-corrected chi connectivity index (χ0v) is 16.4. The van der Waals surface area contributed by atoms with Crippen LogP contribution in [0.3, 0.4) is 0 Å². The molecule has 1 fully saturated rings. The van der Waals surface area contributed by atoms with Crippen LogP contribution in [-0.2, 0) is 16.0 Å². The predicted molar refractivity (Wildman–Crippen MR) is 99.6 cm³/mol. The fraction of sp³-hybridized carbons (Fsp3) is 0.500. The molecule has 0 aromatic carbocycles. The summed E-state index contributed by atoms with van der Waals surface area (Å²) in [4.78, 5) is 13.5. The van der Waals surface area contributed by atoms with Crippen molar-refractivity contribution in [1.82, 2.24) is 15.0 Å². The van der Waals surface area contributed by atoms with E-state index in [0.717, 1.165) is 6.07 Å². The molecule has 3 heterocycles. The van der Waals surface area contributed by atoms with E-state index in [0.29, 0.717) is 18.4 Å². The molecule has 3 rings (SSSR count). The standard InChI is InChI=1S/C18H21F3N4O2S/c1-3-17(4-2)12-25(9-10-28(17,26)27)15-11-14(18(19,20)21)23-16(24-15)13-5-7-22-8-6-13/h5-8,11H,3-4,9-10,12H2,1-2H3. The molecule has 2 aromatic heterocycles. The van der Waals surface area contributed by atoms with Crippen LogP contribution in [0.15, 0.2) is 30.6 Å². The summed E-state index contributed by atoms with van der Waals surface area (Å²) in [5.74, 6) is -0.112. The third-order valence-electron chi connectivity index (χ3n) is 5.32. The van der Waals surface area contributed by atoms with Crippen LogP contribution in [0.2, 0.25) is 0 Å². The molecule has 0 atom stereocenters. The summed E-state index contributed by atoms with van der Waals surface area (Å²) in [6.45, 7) is 3.77. The molecule has 6 nitrogen and oxygen atoms in total. The van der Waals surface area contributed by atoms with Crippen molar-refractivity contribution in [3.05, 3.63) is 36.3 Å². The SMILES string of the molecule is CCC1(CC)CN(c2cc(C(F)(F)F)nc(-c3ccncc3)n2)CCS1(=O)=O. The summed E-state index contributed by atoms with van der Waals surface area (Å²) < 4.78 is 64.5. The van der Waals surface area contributed by atoms with Crippen LogP contribution in [0.5, 0.6) is 0 Å². The van der Waals surface area contributed by atoms with Gasteiger partial charge in [-0.1, -0.05) is 13.8 Å². The van der Waals surface area contributed by atoms with Crippen LogP contribution < -0.4 is 4.90 Å². The Hall–Kier alpha value is -2.23. The molecule has 0 aliphatic carbocycles. The first-order valence-corrected chi connectivity index (χ1v) is 10.6. The van der Waals surface area contributed by atoms with Gasteiger partial charge in [-0.3, -0.25) is 4.98 Å². The Morgan fingerprint density at radius 2 is 1.79 bits per heavy atom. The van der Waals surface area contributed by atoms with Gasteiger partial charge in [-0.25, -0.2) is 18.4 Å². The minimum atomic E-state index is -4.64. The van der Waals surface area contributed by atoms with Crippen molar-refractivity contribution in [3.8, 4) is 11.4 Å². The van der Waals surface area contributed by atoms with Crippen molar-refractivity contribution in [2.75, 3.05) is 23.7 Å². The van der Waals surface area contributed by atoms with Crippen LogP contribution >= 0.6 is 0 Å². The van der Waals surface area contributed by atoms with E-state index in [9.17, 15) is 21.6 Å². The second kappa shape index (κ2) is 7.31. The van der Waals surface area contributed by atoms with E-state index >= 15 is 0 Å². The number of halogens is 3. The van der Waals surface area contributed by atoms with E-state index in [4.69, 9.17) is 0 Å². The molecule has 2 aromatic rings. The quantitative estimate of drug-likeness (QED) is 0.764. The zero-order valence-electron chi connectivity index (χ0n) is 15.6. The van der Waals surface area contributed by atoms with Crippen molar-refractivity contribution >= 4 is 15.7 Å². The number of hydrogen-bond donors (Lipinski definition) is 0. The van der Waals surface area contributed by atoms with Crippen molar-refractivity contribution in [3.63, 3.8) is 0 Å². The van der Waals surface area contributed by atoms with Gasteiger partial charge < -0.3 is 4.90 Å². The Labute approximate surface area is 161 Å². The summed E-state index contributed by atoms with van der Waals surface area (Å²) in [5, 5.41) is 0. The number of aromatic nitrogens is 3. The molecule has 0 spiro atoms. The third kappa shape index (κ3) is 3.69. The lowest BCUT2D eigenvalue weighted by molar-refractivity contribution is -0.141. The van der Waals surface area contributed by atoms with Gasteiger partial charge in [-0.15, -0.1) is 0 Å². The van der Waals surface area contributed by atoms with Crippen LogP contribution in [0.1, 0.15) is 32.4 Å². The van der Waals surface area contributed by atoms with Gasteiger partial charge in [0.25, 0.3) is 0 Å². The lowest BCUT2D eigenvalue weighted by Gasteiger charge is -2.42. The summed E-state index contributed by atoms with van der Waals surface area (Å²) in [6, 6.07) is 3.95. The molecular formula is C18H21F3N4O2S. The fourth-order valence-electron chi connectivity index (χ4n) is 3.45. The highest BCUT2D eigenvalue weighted by Gasteiger charge is 2.46. The van der Waals surface area contributed by atoms with Gasteiger partial charge in [0.05, 0.1) is 10.5 Å². The summed E-state index contributed by atoms with van der Waals surface area (Å²) >= 11 is 0. The monoisotopic (exact) mass is 414 g/mol. The Morgan fingerprint density at radius 3 is 2.36 bits per heavy atom. The summed E-state index contributed by atoms with van der Waals surface area (Å²) in [7, 11) is -3.34. The average Bonchev–Trinajstić information content (AvgIpc) is 2.68. The maximum atomic E-state index is 13.4. The first-order chi connectivity index (χ1) is 13.1. The topological polar surface area (TPSA) is 76.1 Å². The molecule has 0 bridgehead atoms. The Morgan fingerprint density at radius 1 is 1.14 bits per heavy atom. The van der Waals surface area contributed by atoms with E-state index in [2.05, 4.69) is 15.0 Å². The minimum absolute atomic E-state index is 0.0701. The highest BCUT2D eigenvalue weighted by molar-refractivity contribution is 7.92. The maximum Gasteiger partial charge on any atom is 0.433 e. The predicted octanol–water partition coefficient (Wildman–Crippen LogP) is 3.35.